The topological polar surface area (TPSA) is 61.4 Å². The van der Waals surface area contributed by atoms with Crippen LogP contribution in [0.1, 0.15) is 37.7 Å². The Kier molecular flexibility index (Phi) is 6.75. The standard InChI is InChI=1S/C22H27F2N3O2S/c1-4-9-22(10-11-22)30(29)26-21(19-6-5-12-27(19)3)20(17(24)14-28)25-18-8-7-15(2)13-16(18)23/h4,7-8,13-14,25-26H,1,5-6,9-12H2,2-3H3/b20-17-,21-19+. The summed E-state index contributed by atoms with van der Waals surface area (Å²) in [5.41, 5.74) is 1.50. The molecule has 2 N–H and O–H groups in total. The summed E-state index contributed by atoms with van der Waals surface area (Å²) in [5.74, 6) is -1.65. The lowest BCUT2D eigenvalue weighted by atomic mass is 10.1. The predicted octanol–water partition coefficient (Wildman–Crippen LogP) is 4.23. The van der Waals surface area contributed by atoms with E-state index in [2.05, 4.69) is 16.6 Å². The lowest BCUT2D eigenvalue weighted by Gasteiger charge is -2.24. The van der Waals surface area contributed by atoms with Gasteiger partial charge in [-0.25, -0.2) is 13.0 Å². The summed E-state index contributed by atoms with van der Waals surface area (Å²) >= 11 is 0. The van der Waals surface area contributed by atoms with Crippen LogP contribution < -0.4 is 10.0 Å². The van der Waals surface area contributed by atoms with Crippen molar-refractivity contribution in [3.63, 3.8) is 0 Å². The van der Waals surface area contributed by atoms with E-state index in [9.17, 15) is 17.8 Å². The molecule has 5 nitrogen and oxygen atoms in total. The molecule has 0 spiro atoms. The summed E-state index contributed by atoms with van der Waals surface area (Å²) in [4.78, 5) is 13.3. The lowest BCUT2D eigenvalue weighted by molar-refractivity contribution is -0.106. The van der Waals surface area contributed by atoms with Crippen molar-refractivity contribution in [3.05, 3.63) is 65.2 Å². The fraction of sp³-hybridized carbons (Fsp3) is 0.409. The van der Waals surface area contributed by atoms with Gasteiger partial charge in [-0.15, -0.1) is 6.58 Å². The molecule has 0 bridgehead atoms. The number of anilines is 1. The van der Waals surface area contributed by atoms with Crippen molar-refractivity contribution in [2.75, 3.05) is 18.9 Å². The van der Waals surface area contributed by atoms with Crippen molar-refractivity contribution in [1.29, 1.82) is 0 Å². The first-order valence-electron chi connectivity index (χ1n) is 9.93. The summed E-state index contributed by atoms with van der Waals surface area (Å²) in [5, 5.41) is 2.73. The molecule has 8 heteroatoms. The van der Waals surface area contributed by atoms with Gasteiger partial charge in [0.2, 0.25) is 0 Å². The largest absolute Gasteiger partial charge is 0.376 e. The van der Waals surface area contributed by atoms with Crippen LogP contribution in [0.4, 0.5) is 14.5 Å². The highest BCUT2D eigenvalue weighted by atomic mass is 32.2. The SMILES string of the molecule is C=CCC1(S(=O)NC(/C(Nc2ccc(C)cc2F)=C(/F)C=O)=C2\CCCN2C)CC1. The van der Waals surface area contributed by atoms with Gasteiger partial charge in [-0.2, -0.15) is 0 Å². The number of nitrogens with one attached hydrogen (secondary N) is 2. The van der Waals surface area contributed by atoms with E-state index in [-0.39, 0.29) is 23.4 Å². The number of halogens is 2. The maximum atomic E-state index is 14.8. The fourth-order valence-electron chi connectivity index (χ4n) is 3.60. The van der Waals surface area contributed by atoms with Gasteiger partial charge in [0.25, 0.3) is 0 Å². The van der Waals surface area contributed by atoms with Gasteiger partial charge in [0.15, 0.2) is 12.1 Å². The van der Waals surface area contributed by atoms with Gasteiger partial charge in [0.05, 0.1) is 16.1 Å². The maximum absolute atomic E-state index is 14.8. The minimum atomic E-state index is -1.52. The molecular weight excluding hydrogens is 408 g/mol. The van der Waals surface area contributed by atoms with E-state index in [1.54, 1.807) is 19.1 Å². The number of rotatable bonds is 9. The second kappa shape index (κ2) is 9.12. The number of hydrogen-bond donors (Lipinski definition) is 2. The molecule has 1 unspecified atom stereocenters. The zero-order valence-corrected chi connectivity index (χ0v) is 18.1. The second-order valence-corrected chi connectivity index (χ2v) is 9.45. The number of carbonyl (C=O) groups is 1. The molecule has 1 saturated carbocycles. The van der Waals surface area contributed by atoms with E-state index in [0.29, 0.717) is 18.4 Å². The quantitative estimate of drug-likeness (QED) is 0.346. The first-order valence-corrected chi connectivity index (χ1v) is 11.1. The maximum Gasteiger partial charge on any atom is 0.188 e. The molecule has 1 heterocycles. The summed E-state index contributed by atoms with van der Waals surface area (Å²) in [7, 11) is 0.331. The first-order chi connectivity index (χ1) is 14.3. The molecule has 2 fully saturated rings. The van der Waals surface area contributed by atoms with E-state index >= 15 is 0 Å². The van der Waals surface area contributed by atoms with E-state index in [0.717, 1.165) is 31.5 Å². The molecule has 1 aliphatic carbocycles. The van der Waals surface area contributed by atoms with Gasteiger partial charge in [-0.05, 0) is 56.7 Å². The third-order valence-corrected chi connectivity index (χ3v) is 7.30. The highest BCUT2D eigenvalue weighted by molar-refractivity contribution is 7.85. The molecule has 162 valence electrons. The van der Waals surface area contributed by atoms with Crippen LogP contribution in [0.25, 0.3) is 0 Å². The molecule has 2 aliphatic rings. The van der Waals surface area contributed by atoms with Crippen LogP contribution in [-0.2, 0) is 15.8 Å². The molecule has 0 aromatic heterocycles. The monoisotopic (exact) mass is 435 g/mol. The van der Waals surface area contributed by atoms with Crippen molar-refractivity contribution in [3.8, 4) is 0 Å². The Hall–Kier alpha value is -2.48. The molecule has 1 aromatic rings. The van der Waals surface area contributed by atoms with Gasteiger partial charge < -0.3 is 14.9 Å². The van der Waals surface area contributed by atoms with Gasteiger partial charge in [-0.1, -0.05) is 12.1 Å². The summed E-state index contributed by atoms with van der Waals surface area (Å²) < 4.78 is 44.9. The molecule has 0 amide bonds. The number of likely N-dealkylation sites (tertiary alicyclic amines) is 1. The van der Waals surface area contributed by atoms with Crippen LogP contribution in [0.3, 0.4) is 0 Å². The summed E-state index contributed by atoms with van der Waals surface area (Å²) in [6, 6.07) is 4.49. The molecule has 1 aliphatic heterocycles. The minimum absolute atomic E-state index is 0.0335. The molecule has 3 rings (SSSR count). The number of benzene rings is 1. The Morgan fingerprint density at radius 1 is 1.40 bits per heavy atom. The molecule has 1 aromatic carbocycles. The third-order valence-electron chi connectivity index (χ3n) is 5.55. The Balaban J connectivity index is 2.03. The molecule has 0 radical (unpaired) electrons. The Morgan fingerprint density at radius 2 is 2.13 bits per heavy atom. The number of nitrogens with zero attached hydrogens (tertiary/aromatic N) is 1. The highest BCUT2D eigenvalue weighted by Gasteiger charge is 2.48. The zero-order valence-electron chi connectivity index (χ0n) is 17.3. The van der Waals surface area contributed by atoms with Crippen LogP contribution in [0.5, 0.6) is 0 Å². The molecule has 1 atom stereocenters. The van der Waals surface area contributed by atoms with Crippen molar-refractivity contribution >= 4 is 23.0 Å². The van der Waals surface area contributed by atoms with Crippen molar-refractivity contribution in [1.82, 2.24) is 9.62 Å². The van der Waals surface area contributed by atoms with Gasteiger partial charge >= 0.3 is 0 Å². The van der Waals surface area contributed by atoms with E-state index in [1.165, 1.54) is 12.1 Å². The van der Waals surface area contributed by atoms with Gasteiger partial charge in [0.1, 0.15) is 22.5 Å². The van der Waals surface area contributed by atoms with Crippen LogP contribution >= 0.6 is 0 Å². The Labute approximate surface area is 178 Å². The smallest absolute Gasteiger partial charge is 0.188 e. The average Bonchev–Trinajstić information content (AvgIpc) is 3.38. The van der Waals surface area contributed by atoms with E-state index in [1.807, 2.05) is 11.9 Å². The van der Waals surface area contributed by atoms with Crippen LogP contribution in [0, 0.1) is 12.7 Å². The van der Waals surface area contributed by atoms with E-state index < -0.39 is 27.4 Å². The van der Waals surface area contributed by atoms with Crippen molar-refractivity contribution in [2.24, 2.45) is 0 Å². The molecular formula is C22H27F2N3O2S. The number of allylic oxidation sites excluding steroid dienone is 3. The van der Waals surface area contributed by atoms with Crippen LogP contribution in [0.15, 0.2) is 53.8 Å². The number of aldehydes is 1. The first kappa shape index (κ1) is 22.2. The molecule has 30 heavy (non-hydrogen) atoms. The summed E-state index contributed by atoms with van der Waals surface area (Å²) in [6.45, 7) is 6.23. The highest BCUT2D eigenvalue weighted by Crippen LogP contribution is 2.45. The second-order valence-electron chi connectivity index (χ2n) is 7.84. The van der Waals surface area contributed by atoms with Crippen LogP contribution in [0.2, 0.25) is 0 Å². The van der Waals surface area contributed by atoms with E-state index in [4.69, 9.17) is 0 Å². The average molecular weight is 436 g/mol. The fourth-order valence-corrected chi connectivity index (χ4v) is 4.97. The van der Waals surface area contributed by atoms with Gasteiger partial charge in [0, 0.05) is 19.3 Å². The normalized spacial score (nSPS) is 20.9. The number of hydrogen-bond acceptors (Lipinski definition) is 4. The Bertz CT molecular complexity index is 938. The van der Waals surface area contributed by atoms with Crippen molar-refractivity contribution < 1.29 is 17.8 Å². The Morgan fingerprint density at radius 3 is 2.67 bits per heavy atom. The number of carbonyl (C=O) groups excluding carboxylic acids is 1. The molecule has 1 saturated heterocycles. The number of aryl methyl sites for hydroxylation is 1. The predicted molar refractivity (Wildman–Crippen MR) is 116 cm³/mol. The summed E-state index contributed by atoms with van der Waals surface area (Å²) in [6.07, 6.45) is 5.38. The lowest BCUT2D eigenvalue weighted by Crippen LogP contribution is -2.33. The third kappa shape index (κ3) is 4.64. The van der Waals surface area contributed by atoms with Gasteiger partial charge in [-0.3, -0.25) is 4.79 Å². The van der Waals surface area contributed by atoms with Crippen LogP contribution in [-0.4, -0.2) is 33.7 Å². The van der Waals surface area contributed by atoms with Crippen molar-refractivity contribution in [2.45, 2.75) is 43.8 Å². The zero-order chi connectivity index (χ0) is 21.9. The minimum Gasteiger partial charge on any atom is -0.376 e.